The molecule has 0 radical (unpaired) electrons. The predicted octanol–water partition coefficient (Wildman–Crippen LogP) is 3.35. The lowest BCUT2D eigenvalue weighted by molar-refractivity contribution is 0.166. The minimum Gasteiger partial charge on any atom is -0.496 e. The Morgan fingerprint density at radius 2 is 2.27 bits per heavy atom. The SMILES string of the molecule is COc1ccc(Cl)c(F)c1C(O)CCI. The van der Waals surface area contributed by atoms with Gasteiger partial charge in [0.1, 0.15) is 5.75 Å². The Labute approximate surface area is 107 Å². The molecule has 0 fully saturated rings. The molecule has 5 heteroatoms. The molecule has 0 spiro atoms. The lowest BCUT2D eigenvalue weighted by Gasteiger charge is -2.15. The van der Waals surface area contributed by atoms with Crippen molar-refractivity contribution < 1.29 is 14.2 Å². The van der Waals surface area contributed by atoms with E-state index in [1.54, 1.807) is 6.07 Å². The molecular weight excluding hydrogens is 333 g/mol. The van der Waals surface area contributed by atoms with E-state index in [1.165, 1.54) is 13.2 Å². The van der Waals surface area contributed by atoms with Gasteiger partial charge in [-0.3, -0.25) is 0 Å². The largest absolute Gasteiger partial charge is 0.496 e. The summed E-state index contributed by atoms with van der Waals surface area (Å²) in [5.41, 5.74) is 0.140. The van der Waals surface area contributed by atoms with Gasteiger partial charge in [-0.1, -0.05) is 34.2 Å². The number of rotatable bonds is 4. The highest BCUT2D eigenvalue weighted by molar-refractivity contribution is 14.1. The molecule has 0 heterocycles. The molecule has 84 valence electrons. The third kappa shape index (κ3) is 2.95. The second kappa shape index (κ2) is 5.86. The summed E-state index contributed by atoms with van der Waals surface area (Å²) in [6, 6.07) is 2.97. The van der Waals surface area contributed by atoms with Crippen molar-refractivity contribution in [1.29, 1.82) is 0 Å². The molecule has 1 aromatic carbocycles. The van der Waals surface area contributed by atoms with Crippen LogP contribution in [-0.4, -0.2) is 16.6 Å². The Morgan fingerprint density at radius 1 is 1.60 bits per heavy atom. The molecule has 0 saturated carbocycles. The maximum atomic E-state index is 13.6. The molecule has 0 bridgehead atoms. The van der Waals surface area contributed by atoms with E-state index in [4.69, 9.17) is 16.3 Å². The normalized spacial score (nSPS) is 12.6. The van der Waals surface area contributed by atoms with E-state index in [0.29, 0.717) is 12.2 Å². The van der Waals surface area contributed by atoms with Crippen molar-refractivity contribution in [3.05, 3.63) is 28.5 Å². The number of hydrogen-bond acceptors (Lipinski definition) is 2. The third-order valence-corrected chi connectivity index (χ3v) is 2.94. The Morgan fingerprint density at radius 3 is 2.80 bits per heavy atom. The fourth-order valence-corrected chi connectivity index (χ4v) is 2.04. The first-order valence-corrected chi connectivity index (χ1v) is 6.28. The first kappa shape index (κ1) is 13.0. The molecular formula is C10H11ClFIO2. The lowest BCUT2D eigenvalue weighted by atomic mass is 10.1. The highest BCUT2D eigenvalue weighted by Crippen LogP contribution is 2.33. The number of ether oxygens (including phenoxy) is 1. The molecule has 15 heavy (non-hydrogen) atoms. The van der Waals surface area contributed by atoms with Gasteiger partial charge in [-0.05, 0) is 18.6 Å². The van der Waals surface area contributed by atoms with Gasteiger partial charge in [0, 0.05) is 4.43 Å². The van der Waals surface area contributed by atoms with Crippen LogP contribution >= 0.6 is 34.2 Å². The molecule has 2 nitrogen and oxygen atoms in total. The van der Waals surface area contributed by atoms with Crippen molar-refractivity contribution in [2.75, 3.05) is 11.5 Å². The molecule has 1 unspecified atom stereocenters. The van der Waals surface area contributed by atoms with Crippen molar-refractivity contribution in [2.24, 2.45) is 0 Å². The van der Waals surface area contributed by atoms with Crippen molar-refractivity contribution in [2.45, 2.75) is 12.5 Å². The third-order valence-electron chi connectivity index (χ3n) is 2.03. The molecule has 0 aliphatic rings. The fourth-order valence-electron chi connectivity index (χ4n) is 1.28. The Bertz CT molecular complexity index is 346. The van der Waals surface area contributed by atoms with E-state index in [-0.39, 0.29) is 10.6 Å². The quantitative estimate of drug-likeness (QED) is 0.670. The van der Waals surface area contributed by atoms with E-state index in [9.17, 15) is 9.50 Å². The summed E-state index contributed by atoms with van der Waals surface area (Å²) in [5, 5.41) is 9.75. The molecule has 1 aromatic rings. The van der Waals surface area contributed by atoms with Crippen molar-refractivity contribution in [3.63, 3.8) is 0 Å². The Kier molecular flexibility index (Phi) is 5.08. The number of aliphatic hydroxyl groups excluding tert-OH is 1. The number of benzene rings is 1. The summed E-state index contributed by atoms with van der Waals surface area (Å²) < 4.78 is 19.4. The first-order valence-electron chi connectivity index (χ1n) is 4.37. The zero-order valence-corrected chi connectivity index (χ0v) is 11.0. The average molecular weight is 345 g/mol. The van der Waals surface area contributed by atoms with Crippen LogP contribution in [0.1, 0.15) is 18.1 Å². The van der Waals surface area contributed by atoms with Crippen LogP contribution in [0.4, 0.5) is 4.39 Å². The highest BCUT2D eigenvalue weighted by Gasteiger charge is 2.20. The van der Waals surface area contributed by atoms with Gasteiger partial charge in [-0.15, -0.1) is 0 Å². The van der Waals surface area contributed by atoms with E-state index >= 15 is 0 Å². The molecule has 0 saturated heterocycles. The highest BCUT2D eigenvalue weighted by atomic mass is 127. The zero-order valence-electron chi connectivity index (χ0n) is 8.14. The Hall–Kier alpha value is -0.0700. The van der Waals surface area contributed by atoms with Crippen LogP contribution in [0.15, 0.2) is 12.1 Å². The number of alkyl halides is 1. The van der Waals surface area contributed by atoms with E-state index in [2.05, 4.69) is 22.6 Å². The second-order valence-electron chi connectivity index (χ2n) is 2.97. The van der Waals surface area contributed by atoms with Crippen LogP contribution in [0.2, 0.25) is 5.02 Å². The average Bonchev–Trinajstić information content (AvgIpc) is 2.22. The molecule has 0 amide bonds. The van der Waals surface area contributed by atoms with Crippen LogP contribution in [0, 0.1) is 5.82 Å². The molecule has 0 aliphatic carbocycles. The molecule has 0 aliphatic heterocycles. The monoisotopic (exact) mass is 344 g/mol. The summed E-state index contributed by atoms with van der Waals surface area (Å²) in [7, 11) is 1.43. The summed E-state index contributed by atoms with van der Waals surface area (Å²) in [4.78, 5) is 0. The lowest BCUT2D eigenvalue weighted by Crippen LogP contribution is -2.04. The smallest absolute Gasteiger partial charge is 0.151 e. The first-order chi connectivity index (χ1) is 7.11. The van der Waals surface area contributed by atoms with Crippen molar-refractivity contribution in [1.82, 2.24) is 0 Å². The Balaban J connectivity index is 3.17. The van der Waals surface area contributed by atoms with Gasteiger partial charge < -0.3 is 9.84 Å². The molecule has 1 N–H and O–H groups in total. The van der Waals surface area contributed by atoms with Crippen molar-refractivity contribution in [3.8, 4) is 5.75 Å². The van der Waals surface area contributed by atoms with Gasteiger partial charge in [0.15, 0.2) is 5.82 Å². The molecule has 1 rings (SSSR count). The van der Waals surface area contributed by atoms with Gasteiger partial charge >= 0.3 is 0 Å². The number of methoxy groups -OCH3 is 1. The zero-order chi connectivity index (χ0) is 11.4. The number of aliphatic hydroxyl groups is 1. The number of hydrogen-bond donors (Lipinski definition) is 1. The van der Waals surface area contributed by atoms with Crippen LogP contribution in [0.25, 0.3) is 0 Å². The van der Waals surface area contributed by atoms with Gasteiger partial charge in [-0.25, -0.2) is 4.39 Å². The molecule has 0 aromatic heterocycles. The van der Waals surface area contributed by atoms with E-state index < -0.39 is 11.9 Å². The van der Waals surface area contributed by atoms with Crippen LogP contribution in [-0.2, 0) is 0 Å². The van der Waals surface area contributed by atoms with Gasteiger partial charge in [-0.2, -0.15) is 0 Å². The minimum absolute atomic E-state index is 0.00157. The van der Waals surface area contributed by atoms with Gasteiger partial charge in [0.2, 0.25) is 0 Å². The van der Waals surface area contributed by atoms with Crippen LogP contribution in [0.5, 0.6) is 5.75 Å². The topological polar surface area (TPSA) is 29.5 Å². The van der Waals surface area contributed by atoms with Gasteiger partial charge in [0.05, 0.1) is 23.8 Å². The fraction of sp³-hybridized carbons (Fsp3) is 0.400. The summed E-state index contributed by atoms with van der Waals surface area (Å²) in [6.07, 6.45) is -0.413. The predicted molar refractivity (Wildman–Crippen MR) is 66.4 cm³/mol. The number of halogens is 3. The maximum Gasteiger partial charge on any atom is 0.151 e. The summed E-state index contributed by atoms with van der Waals surface area (Å²) in [5.74, 6) is -0.275. The van der Waals surface area contributed by atoms with Crippen LogP contribution in [0.3, 0.4) is 0 Å². The summed E-state index contributed by atoms with van der Waals surface area (Å²) in [6.45, 7) is 0. The molecule has 1 atom stereocenters. The summed E-state index contributed by atoms with van der Waals surface area (Å²) >= 11 is 7.76. The van der Waals surface area contributed by atoms with Gasteiger partial charge in [0.25, 0.3) is 0 Å². The standard InChI is InChI=1S/C10H11ClFIO2/c1-15-8-3-2-6(11)10(12)9(8)7(14)4-5-13/h2-3,7,14H,4-5H2,1H3. The van der Waals surface area contributed by atoms with E-state index in [1.807, 2.05) is 0 Å². The maximum absolute atomic E-state index is 13.6. The second-order valence-corrected chi connectivity index (χ2v) is 4.46. The van der Waals surface area contributed by atoms with Crippen molar-refractivity contribution >= 4 is 34.2 Å². The van der Waals surface area contributed by atoms with Crippen LogP contribution < -0.4 is 4.74 Å². The van der Waals surface area contributed by atoms with E-state index in [0.717, 1.165) is 4.43 Å². The minimum atomic E-state index is -0.879.